The summed E-state index contributed by atoms with van der Waals surface area (Å²) in [6, 6.07) is 0. The van der Waals surface area contributed by atoms with Gasteiger partial charge < -0.3 is 9.57 Å². The lowest BCUT2D eigenvalue weighted by Gasteiger charge is -2.28. The van der Waals surface area contributed by atoms with Gasteiger partial charge >= 0.3 is 0 Å². The Morgan fingerprint density at radius 1 is 1.50 bits per heavy atom. The Morgan fingerprint density at radius 2 is 2.33 bits per heavy atom. The van der Waals surface area contributed by atoms with Crippen molar-refractivity contribution in [2.75, 3.05) is 13.2 Å². The molecule has 0 aromatic carbocycles. The largest absolute Gasteiger partial charge is 0.395 e. The molecular formula is C9H15NO2. The summed E-state index contributed by atoms with van der Waals surface area (Å²) in [5, 5.41) is 3.94. The third-order valence-corrected chi connectivity index (χ3v) is 2.63. The molecule has 0 spiro atoms. The van der Waals surface area contributed by atoms with Crippen LogP contribution in [-0.4, -0.2) is 25.0 Å². The summed E-state index contributed by atoms with van der Waals surface area (Å²) in [6.07, 6.45) is 1.48. The zero-order valence-corrected chi connectivity index (χ0v) is 7.62. The van der Waals surface area contributed by atoms with Crippen molar-refractivity contribution in [2.24, 2.45) is 17.0 Å². The molecule has 3 nitrogen and oxygen atoms in total. The molecule has 68 valence electrons. The van der Waals surface area contributed by atoms with Gasteiger partial charge in [0.05, 0.1) is 18.4 Å². The van der Waals surface area contributed by atoms with E-state index >= 15 is 0 Å². The van der Waals surface area contributed by atoms with E-state index < -0.39 is 0 Å². The molecule has 0 saturated carbocycles. The van der Waals surface area contributed by atoms with E-state index in [-0.39, 0.29) is 0 Å². The van der Waals surface area contributed by atoms with E-state index in [4.69, 9.17) is 9.57 Å². The standard InChI is InChI=1S/C9H15NO2/c1-6(2)9-3-7-4-12-10-8(7)5-11-9/h6-7,9H,3-5H2,1-2H3/t7-,9+/m1/s1. The number of rotatable bonds is 1. The molecule has 2 atom stereocenters. The summed E-state index contributed by atoms with van der Waals surface area (Å²) in [4.78, 5) is 5.03. The van der Waals surface area contributed by atoms with E-state index in [1.165, 1.54) is 0 Å². The first kappa shape index (κ1) is 8.05. The lowest BCUT2D eigenvalue weighted by molar-refractivity contribution is 0.0142. The fraction of sp³-hybridized carbons (Fsp3) is 0.889. The first-order valence-corrected chi connectivity index (χ1v) is 4.57. The van der Waals surface area contributed by atoms with Crippen molar-refractivity contribution in [3.63, 3.8) is 0 Å². The van der Waals surface area contributed by atoms with Crippen LogP contribution in [0.5, 0.6) is 0 Å². The van der Waals surface area contributed by atoms with Crippen LogP contribution >= 0.6 is 0 Å². The molecule has 2 aliphatic rings. The van der Waals surface area contributed by atoms with Crippen molar-refractivity contribution in [1.29, 1.82) is 0 Å². The van der Waals surface area contributed by atoms with Crippen LogP contribution in [0.25, 0.3) is 0 Å². The van der Waals surface area contributed by atoms with Crippen LogP contribution in [-0.2, 0) is 9.57 Å². The molecule has 0 amide bonds. The third-order valence-electron chi connectivity index (χ3n) is 2.63. The molecule has 0 radical (unpaired) electrons. The minimum Gasteiger partial charge on any atom is -0.395 e. The Hall–Kier alpha value is -0.570. The minimum atomic E-state index is 0.399. The zero-order valence-electron chi connectivity index (χ0n) is 7.62. The highest BCUT2D eigenvalue weighted by Crippen LogP contribution is 2.26. The first-order valence-electron chi connectivity index (χ1n) is 4.57. The van der Waals surface area contributed by atoms with Gasteiger partial charge in [-0.25, -0.2) is 0 Å². The smallest absolute Gasteiger partial charge is 0.125 e. The van der Waals surface area contributed by atoms with E-state index in [0.29, 0.717) is 24.5 Å². The van der Waals surface area contributed by atoms with Gasteiger partial charge in [0.2, 0.25) is 0 Å². The monoisotopic (exact) mass is 169 g/mol. The van der Waals surface area contributed by atoms with E-state index in [2.05, 4.69) is 19.0 Å². The predicted octanol–water partition coefficient (Wildman–Crippen LogP) is 1.43. The molecule has 0 aromatic heterocycles. The second-order valence-corrected chi connectivity index (χ2v) is 3.90. The van der Waals surface area contributed by atoms with Crippen molar-refractivity contribution in [1.82, 2.24) is 0 Å². The molecule has 2 aliphatic heterocycles. The lowest BCUT2D eigenvalue weighted by Crippen LogP contribution is -2.36. The van der Waals surface area contributed by atoms with Gasteiger partial charge in [-0.1, -0.05) is 19.0 Å². The average Bonchev–Trinajstić information content (AvgIpc) is 2.49. The van der Waals surface area contributed by atoms with Gasteiger partial charge in [-0.2, -0.15) is 0 Å². The second kappa shape index (κ2) is 3.05. The molecule has 12 heavy (non-hydrogen) atoms. The second-order valence-electron chi connectivity index (χ2n) is 3.90. The molecule has 3 heteroatoms. The SMILES string of the molecule is CC(C)[C@@H]1C[C@@H]2CON=C2CO1. The summed E-state index contributed by atoms with van der Waals surface area (Å²) in [5.41, 5.74) is 1.10. The minimum absolute atomic E-state index is 0.399. The number of nitrogens with zero attached hydrogens (tertiary/aromatic N) is 1. The van der Waals surface area contributed by atoms with E-state index in [1.807, 2.05) is 0 Å². The highest BCUT2D eigenvalue weighted by molar-refractivity contribution is 5.89. The maximum Gasteiger partial charge on any atom is 0.125 e. The Bertz CT molecular complexity index is 201. The van der Waals surface area contributed by atoms with E-state index in [9.17, 15) is 0 Å². The summed E-state index contributed by atoms with van der Waals surface area (Å²) < 4.78 is 5.64. The van der Waals surface area contributed by atoms with Gasteiger partial charge in [0.15, 0.2) is 0 Å². The number of hydrogen-bond donors (Lipinski definition) is 0. The van der Waals surface area contributed by atoms with Gasteiger partial charge in [-0.3, -0.25) is 0 Å². The molecule has 2 heterocycles. The van der Waals surface area contributed by atoms with Crippen molar-refractivity contribution >= 4 is 5.71 Å². The Morgan fingerprint density at radius 3 is 3.08 bits per heavy atom. The lowest BCUT2D eigenvalue weighted by atomic mass is 9.90. The summed E-state index contributed by atoms with van der Waals surface area (Å²) in [5.74, 6) is 1.14. The normalized spacial score (nSPS) is 34.4. The van der Waals surface area contributed by atoms with Crippen molar-refractivity contribution in [2.45, 2.75) is 26.4 Å². The molecule has 1 saturated heterocycles. The van der Waals surface area contributed by atoms with E-state index in [0.717, 1.165) is 18.7 Å². The van der Waals surface area contributed by atoms with Crippen LogP contribution in [0, 0.1) is 11.8 Å². The summed E-state index contributed by atoms with van der Waals surface area (Å²) in [6.45, 7) is 5.83. The van der Waals surface area contributed by atoms with Crippen LogP contribution < -0.4 is 0 Å². The molecule has 2 rings (SSSR count). The van der Waals surface area contributed by atoms with Crippen LogP contribution in [0.15, 0.2) is 5.16 Å². The van der Waals surface area contributed by atoms with Crippen LogP contribution in [0.3, 0.4) is 0 Å². The van der Waals surface area contributed by atoms with Crippen molar-refractivity contribution in [3.05, 3.63) is 0 Å². The van der Waals surface area contributed by atoms with Crippen LogP contribution in [0.4, 0.5) is 0 Å². The number of fused-ring (bicyclic) bond motifs is 1. The Balaban J connectivity index is 1.98. The summed E-state index contributed by atoms with van der Waals surface area (Å²) in [7, 11) is 0. The van der Waals surface area contributed by atoms with Gasteiger partial charge in [0.25, 0.3) is 0 Å². The quantitative estimate of drug-likeness (QED) is 0.594. The van der Waals surface area contributed by atoms with Gasteiger partial charge in [0, 0.05) is 5.92 Å². The molecule has 0 N–H and O–H groups in total. The van der Waals surface area contributed by atoms with Gasteiger partial charge in [0.1, 0.15) is 6.61 Å². The highest BCUT2D eigenvalue weighted by Gasteiger charge is 2.33. The van der Waals surface area contributed by atoms with Crippen LogP contribution in [0.1, 0.15) is 20.3 Å². The molecule has 0 aromatic rings. The number of hydrogen-bond acceptors (Lipinski definition) is 3. The average molecular weight is 169 g/mol. The Kier molecular flexibility index (Phi) is 2.05. The van der Waals surface area contributed by atoms with Crippen molar-refractivity contribution < 1.29 is 9.57 Å². The Labute approximate surface area is 72.7 Å². The number of oxime groups is 1. The summed E-state index contributed by atoms with van der Waals surface area (Å²) >= 11 is 0. The zero-order chi connectivity index (χ0) is 8.55. The molecule has 0 aliphatic carbocycles. The number of ether oxygens (including phenoxy) is 1. The topological polar surface area (TPSA) is 30.8 Å². The van der Waals surface area contributed by atoms with Gasteiger partial charge in [-0.05, 0) is 12.3 Å². The maximum atomic E-state index is 5.64. The van der Waals surface area contributed by atoms with Crippen LogP contribution in [0.2, 0.25) is 0 Å². The van der Waals surface area contributed by atoms with Crippen molar-refractivity contribution in [3.8, 4) is 0 Å². The first-order chi connectivity index (χ1) is 5.77. The fourth-order valence-electron chi connectivity index (χ4n) is 1.73. The van der Waals surface area contributed by atoms with E-state index in [1.54, 1.807) is 0 Å². The van der Waals surface area contributed by atoms with Gasteiger partial charge in [-0.15, -0.1) is 0 Å². The molecule has 0 unspecified atom stereocenters. The highest BCUT2D eigenvalue weighted by atomic mass is 16.6. The maximum absolute atomic E-state index is 5.64. The molecule has 0 bridgehead atoms. The fourth-order valence-corrected chi connectivity index (χ4v) is 1.73. The molecular weight excluding hydrogens is 154 g/mol. The third kappa shape index (κ3) is 1.33. The molecule has 1 fully saturated rings. The predicted molar refractivity (Wildman–Crippen MR) is 46.1 cm³/mol.